The van der Waals surface area contributed by atoms with Gasteiger partial charge >= 0.3 is 0 Å². The first-order valence-corrected chi connectivity index (χ1v) is 7.63. The lowest BCUT2D eigenvalue weighted by molar-refractivity contribution is -0.129. The van der Waals surface area contributed by atoms with Crippen LogP contribution in [-0.4, -0.2) is 23.8 Å². The van der Waals surface area contributed by atoms with Crippen LogP contribution in [0.1, 0.15) is 44.4 Å². The highest BCUT2D eigenvalue weighted by molar-refractivity contribution is 5.87. The van der Waals surface area contributed by atoms with E-state index in [1.807, 2.05) is 31.2 Å². The zero-order valence-corrected chi connectivity index (χ0v) is 14.1. The number of rotatable bonds is 7. The summed E-state index contributed by atoms with van der Waals surface area (Å²) in [5.41, 5.74) is 7.23. The lowest BCUT2D eigenvalue weighted by atomic mass is 10.00. The van der Waals surface area contributed by atoms with Crippen molar-refractivity contribution < 1.29 is 14.4 Å². The number of nitrogens with one attached hydrogen (secondary N) is 2. The Morgan fingerprint density at radius 1 is 1.09 bits per heavy atom. The van der Waals surface area contributed by atoms with Crippen molar-refractivity contribution in [1.29, 1.82) is 0 Å². The monoisotopic (exact) mass is 319 g/mol. The molecular weight excluding hydrogens is 294 g/mol. The van der Waals surface area contributed by atoms with Crippen LogP contribution in [0.15, 0.2) is 24.3 Å². The molecule has 23 heavy (non-hydrogen) atoms. The van der Waals surface area contributed by atoms with Gasteiger partial charge in [-0.05, 0) is 18.4 Å². The molecule has 0 heterocycles. The average molecular weight is 319 g/mol. The number of primary amides is 1. The molecule has 126 valence electrons. The first-order valence-electron chi connectivity index (χ1n) is 7.63. The normalized spacial score (nSPS) is 13.3. The van der Waals surface area contributed by atoms with Gasteiger partial charge in [0.2, 0.25) is 17.7 Å². The quantitative estimate of drug-likeness (QED) is 0.703. The van der Waals surface area contributed by atoms with E-state index in [4.69, 9.17) is 5.73 Å². The summed E-state index contributed by atoms with van der Waals surface area (Å²) < 4.78 is 0. The second kappa shape index (κ2) is 8.31. The van der Waals surface area contributed by atoms with Crippen molar-refractivity contribution in [2.24, 2.45) is 11.7 Å². The smallest absolute Gasteiger partial charge is 0.240 e. The van der Waals surface area contributed by atoms with E-state index in [-0.39, 0.29) is 24.2 Å². The van der Waals surface area contributed by atoms with E-state index in [0.29, 0.717) is 0 Å². The maximum absolute atomic E-state index is 12.2. The summed E-state index contributed by atoms with van der Waals surface area (Å²) in [6.07, 6.45) is 0.0408. The van der Waals surface area contributed by atoms with Crippen molar-refractivity contribution >= 4 is 17.7 Å². The number of carbonyl (C=O) groups excluding carboxylic acids is 3. The summed E-state index contributed by atoms with van der Waals surface area (Å²) in [4.78, 5) is 35.0. The van der Waals surface area contributed by atoms with Crippen molar-refractivity contribution in [2.45, 2.75) is 46.2 Å². The Bertz CT molecular complexity index is 567. The molecule has 0 aliphatic carbocycles. The number of hydrogen-bond donors (Lipinski definition) is 3. The first-order chi connectivity index (χ1) is 10.7. The van der Waals surface area contributed by atoms with Gasteiger partial charge < -0.3 is 16.4 Å². The van der Waals surface area contributed by atoms with E-state index in [1.54, 1.807) is 13.8 Å². The summed E-state index contributed by atoms with van der Waals surface area (Å²) >= 11 is 0. The van der Waals surface area contributed by atoms with E-state index in [9.17, 15) is 14.4 Å². The van der Waals surface area contributed by atoms with Crippen molar-refractivity contribution in [3.8, 4) is 0 Å². The van der Waals surface area contributed by atoms with Crippen LogP contribution < -0.4 is 16.4 Å². The number of nitrogens with two attached hydrogens (primary N) is 1. The van der Waals surface area contributed by atoms with E-state index >= 15 is 0 Å². The summed E-state index contributed by atoms with van der Waals surface area (Å²) in [5, 5.41) is 5.40. The van der Waals surface area contributed by atoms with Crippen LogP contribution >= 0.6 is 0 Å². The minimum Gasteiger partial charge on any atom is -0.368 e. The highest BCUT2D eigenvalue weighted by atomic mass is 16.2. The third-order valence-corrected chi connectivity index (χ3v) is 3.54. The summed E-state index contributed by atoms with van der Waals surface area (Å²) in [5.74, 6) is -1.23. The van der Waals surface area contributed by atoms with E-state index in [0.717, 1.165) is 11.1 Å². The molecule has 2 unspecified atom stereocenters. The van der Waals surface area contributed by atoms with Gasteiger partial charge in [-0.3, -0.25) is 14.4 Å². The minimum atomic E-state index is -0.724. The van der Waals surface area contributed by atoms with Gasteiger partial charge in [-0.25, -0.2) is 0 Å². The van der Waals surface area contributed by atoms with Crippen molar-refractivity contribution in [3.63, 3.8) is 0 Å². The van der Waals surface area contributed by atoms with Gasteiger partial charge in [-0.1, -0.05) is 43.7 Å². The Hall–Kier alpha value is -2.37. The predicted octanol–water partition coefficient (Wildman–Crippen LogP) is 1.19. The topological polar surface area (TPSA) is 101 Å². The van der Waals surface area contributed by atoms with Gasteiger partial charge in [0.15, 0.2) is 0 Å². The van der Waals surface area contributed by atoms with Crippen LogP contribution in [0, 0.1) is 12.8 Å². The Balaban J connectivity index is 2.84. The standard InChI is InChI=1S/C17H25N3O3/c1-10(2)16(17(18)23)20-15(22)9-14(19-12(4)21)13-7-5-11(3)6-8-13/h5-8,10,14,16H,9H2,1-4H3,(H2,18,23)(H,19,21)(H,20,22). The van der Waals surface area contributed by atoms with Gasteiger partial charge in [0, 0.05) is 6.92 Å². The van der Waals surface area contributed by atoms with E-state index in [2.05, 4.69) is 10.6 Å². The van der Waals surface area contributed by atoms with Crippen LogP contribution in [0.5, 0.6) is 0 Å². The zero-order chi connectivity index (χ0) is 17.6. The molecule has 6 heteroatoms. The minimum absolute atomic E-state index is 0.0408. The highest BCUT2D eigenvalue weighted by Gasteiger charge is 2.24. The van der Waals surface area contributed by atoms with Crippen LogP contribution in [0.2, 0.25) is 0 Å². The van der Waals surface area contributed by atoms with Gasteiger partial charge in [0.05, 0.1) is 12.5 Å². The van der Waals surface area contributed by atoms with Gasteiger partial charge in [0.25, 0.3) is 0 Å². The van der Waals surface area contributed by atoms with Crippen LogP contribution in [0.3, 0.4) is 0 Å². The molecule has 3 amide bonds. The molecule has 0 saturated heterocycles. The molecule has 6 nitrogen and oxygen atoms in total. The van der Waals surface area contributed by atoms with Crippen LogP contribution in [0.25, 0.3) is 0 Å². The zero-order valence-electron chi connectivity index (χ0n) is 14.1. The third-order valence-electron chi connectivity index (χ3n) is 3.54. The van der Waals surface area contributed by atoms with Crippen molar-refractivity contribution in [2.75, 3.05) is 0 Å². The summed E-state index contributed by atoms with van der Waals surface area (Å²) in [6.45, 7) is 6.98. The summed E-state index contributed by atoms with van der Waals surface area (Å²) in [6, 6.07) is 6.41. The van der Waals surface area contributed by atoms with E-state index < -0.39 is 18.0 Å². The number of benzene rings is 1. The fourth-order valence-electron chi connectivity index (χ4n) is 2.28. The molecular formula is C17H25N3O3. The van der Waals surface area contributed by atoms with Gasteiger partial charge in [-0.2, -0.15) is 0 Å². The Kier molecular flexibility index (Phi) is 6.75. The summed E-state index contributed by atoms with van der Waals surface area (Å²) in [7, 11) is 0. The predicted molar refractivity (Wildman–Crippen MR) is 88.3 cm³/mol. The second-order valence-electron chi connectivity index (χ2n) is 6.06. The molecule has 0 aliphatic rings. The Morgan fingerprint density at radius 3 is 2.09 bits per heavy atom. The first kappa shape index (κ1) is 18.7. The number of aryl methyl sites for hydroxylation is 1. The van der Waals surface area contributed by atoms with Gasteiger partial charge in [-0.15, -0.1) is 0 Å². The molecule has 0 bridgehead atoms. The van der Waals surface area contributed by atoms with Crippen LogP contribution in [0.4, 0.5) is 0 Å². The van der Waals surface area contributed by atoms with E-state index in [1.165, 1.54) is 6.92 Å². The second-order valence-corrected chi connectivity index (χ2v) is 6.06. The lowest BCUT2D eigenvalue weighted by Gasteiger charge is -2.22. The van der Waals surface area contributed by atoms with Crippen molar-refractivity contribution in [1.82, 2.24) is 10.6 Å². The number of amides is 3. The molecule has 0 fully saturated rings. The van der Waals surface area contributed by atoms with Crippen LogP contribution in [-0.2, 0) is 14.4 Å². The molecule has 0 spiro atoms. The largest absolute Gasteiger partial charge is 0.368 e. The molecule has 2 atom stereocenters. The maximum Gasteiger partial charge on any atom is 0.240 e. The van der Waals surface area contributed by atoms with Crippen molar-refractivity contribution in [3.05, 3.63) is 35.4 Å². The maximum atomic E-state index is 12.2. The Labute approximate surface area is 136 Å². The molecule has 1 aromatic rings. The molecule has 0 radical (unpaired) electrons. The number of carbonyl (C=O) groups is 3. The molecule has 0 saturated carbocycles. The molecule has 1 rings (SSSR count). The molecule has 0 aliphatic heterocycles. The Morgan fingerprint density at radius 2 is 1.65 bits per heavy atom. The SMILES string of the molecule is CC(=O)NC(CC(=O)NC(C(N)=O)C(C)C)c1ccc(C)cc1. The fourth-order valence-corrected chi connectivity index (χ4v) is 2.28. The molecule has 4 N–H and O–H groups in total. The fraction of sp³-hybridized carbons (Fsp3) is 0.471. The number of hydrogen-bond acceptors (Lipinski definition) is 3. The molecule has 1 aromatic carbocycles. The molecule has 0 aromatic heterocycles. The highest BCUT2D eigenvalue weighted by Crippen LogP contribution is 2.18. The third kappa shape index (κ3) is 6.10. The average Bonchev–Trinajstić information content (AvgIpc) is 2.43. The lowest BCUT2D eigenvalue weighted by Crippen LogP contribution is -2.48. The van der Waals surface area contributed by atoms with Gasteiger partial charge in [0.1, 0.15) is 6.04 Å².